The summed E-state index contributed by atoms with van der Waals surface area (Å²) in [5.41, 5.74) is 0.365. The van der Waals surface area contributed by atoms with E-state index in [0.717, 1.165) is 4.88 Å². The topological polar surface area (TPSA) is 43.1 Å². The molecule has 0 bridgehead atoms. The summed E-state index contributed by atoms with van der Waals surface area (Å²) >= 11 is 3.24. The van der Waals surface area contributed by atoms with Gasteiger partial charge in [-0.2, -0.15) is 0 Å². The monoisotopic (exact) mass is 305 g/mol. The van der Waals surface area contributed by atoms with Crippen LogP contribution in [-0.2, 0) is 0 Å². The van der Waals surface area contributed by atoms with Crippen LogP contribution in [-0.4, -0.2) is 8.95 Å². The largest absolute Gasteiger partial charge is 0.355 e. The first kappa shape index (κ1) is 8.89. The van der Waals surface area contributed by atoms with Crippen LogP contribution < -0.4 is 0 Å². The van der Waals surface area contributed by atoms with Crippen molar-refractivity contribution in [1.82, 2.24) is 5.16 Å². The fraction of sp³-hybridized carbons (Fsp3) is 0. The van der Waals surface area contributed by atoms with Crippen LogP contribution in [0.3, 0.4) is 0 Å². The van der Waals surface area contributed by atoms with Gasteiger partial charge in [0.2, 0.25) is 3.79 Å². The summed E-state index contributed by atoms with van der Waals surface area (Å²) in [4.78, 5) is 11.9. The molecule has 2 heterocycles. The van der Waals surface area contributed by atoms with Crippen molar-refractivity contribution >= 4 is 37.7 Å². The lowest BCUT2D eigenvalue weighted by molar-refractivity contribution is 0.109. The van der Waals surface area contributed by atoms with E-state index in [1.807, 2.05) is 17.5 Å². The zero-order valence-electron chi connectivity index (χ0n) is 6.36. The normalized spacial score (nSPS) is 10.2. The number of rotatable bonds is 2. The molecule has 0 aliphatic heterocycles. The minimum absolute atomic E-state index is 0.107. The Bertz CT molecular complexity index is 421. The first-order valence-electron chi connectivity index (χ1n) is 3.48. The highest BCUT2D eigenvalue weighted by Crippen LogP contribution is 2.25. The summed E-state index contributed by atoms with van der Waals surface area (Å²) in [7, 11) is 0. The second-order valence-corrected chi connectivity index (χ2v) is 4.25. The molecule has 0 fully saturated rings. The van der Waals surface area contributed by atoms with Crippen LogP contribution >= 0.6 is 33.9 Å². The molecular weight excluding hydrogens is 301 g/mol. The van der Waals surface area contributed by atoms with Crippen molar-refractivity contribution in [2.75, 3.05) is 0 Å². The van der Waals surface area contributed by atoms with Crippen LogP contribution in [0.4, 0.5) is 0 Å². The molecule has 0 N–H and O–H groups in total. The Labute approximate surface area is 91.9 Å². The van der Waals surface area contributed by atoms with Gasteiger partial charge in [0.05, 0.1) is 4.88 Å². The number of aromatic nitrogens is 1. The molecule has 2 aromatic rings. The molecule has 0 atom stereocenters. The van der Waals surface area contributed by atoms with Gasteiger partial charge in [0, 0.05) is 28.7 Å². The summed E-state index contributed by atoms with van der Waals surface area (Å²) in [5, 5.41) is 5.59. The third-order valence-electron chi connectivity index (χ3n) is 1.48. The smallest absolute Gasteiger partial charge is 0.244 e. The van der Waals surface area contributed by atoms with Crippen molar-refractivity contribution in [3.05, 3.63) is 29.3 Å². The van der Waals surface area contributed by atoms with Crippen molar-refractivity contribution < 1.29 is 9.32 Å². The van der Waals surface area contributed by atoms with E-state index in [1.54, 1.807) is 40.0 Å². The predicted octanol–water partition coefficient (Wildman–Crippen LogP) is 2.98. The maximum absolute atomic E-state index is 10.9. The molecule has 0 saturated heterocycles. The Hall–Kier alpha value is -0.690. The average molecular weight is 305 g/mol. The van der Waals surface area contributed by atoms with Gasteiger partial charge < -0.3 is 4.52 Å². The van der Waals surface area contributed by atoms with Gasteiger partial charge in [-0.15, -0.1) is 11.3 Å². The Balaban J connectivity index is 2.39. The minimum atomic E-state index is -0.107. The lowest BCUT2D eigenvalue weighted by atomic mass is 10.3. The lowest BCUT2D eigenvalue weighted by Gasteiger charge is -1.82. The van der Waals surface area contributed by atoms with Gasteiger partial charge in [0.25, 0.3) is 0 Å². The fourth-order valence-electron chi connectivity index (χ4n) is 0.903. The fourth-order valence-corrected chi connectivity index (χ4v) is 1.83. The quantitative estimate of drug-likeness (QED) is 0.633. The van der Waals surface area contributed by atoms with Crippen LogP contribution in [0.5, 0.6) is 0 Å². The van der Waals surface area contributed by atoms with Crippen LogP contribution in [0, 0.1) is 0 Å². The molecule has 0 aliphatic carbocycles. The summed E-state index contributed by atoms with van der Waals surface area (Å²) in [6, 6.07) is 5.50. The highest BCUT2D eigenvalue weighted by molar-refractivity contribution is 14.1. The summed E-state index contributed by atoms with van der Waals surface area (Å²) in [6.07, 6.45) is 0. The highest BCUT2D eigenvalue weighted by atomic mass is 127. The van der Waals surface area contributed by atoms with Gasteiger partial charge in [-0.1, -0.05) is 11.2 Å². The van der Waals surface area contributed by atoms with E-state index in [1.165, 1.54) is 0 Å². The molecule has 0 aliphatic rings. The second-order valence-electron chi connectivity index (χ2n) is 2.33. The molecule has 0 spiro atoms. The number of carbonyl (C=O) groups excluding carboxylic acids is 1. The van der Waals surface area contributed by atoms with E-state index in [4.69, 9.17) is 4.52 Å². The van der Waals surface area contributed by atoms with E-state index in [-0.39, 0.29) is 3.79 Å². The Morgan fingerprint density at radius 1 is 1.62 bits per heavy atom. The van der Waals surface area contributed by atoms with Crippen molar-refractivity contribution in [3.8, 4) is 10.6 Å². The molecule has 0 amide bonds. The Morgan fingerprint density at radius 3 is 3.00 bits per heavy atom. The maximum Gasteiger partial charge on any atom is 0.244 e. The number of halogens is 1. The predicted molar refractivity (Wildman–Crippen MR) is 58.2 cm³/mol. The van der Waals surface area contributed by atoms with Gasteiger partial charge in [-0.3, -0.25) is 4.79 Å². The van der Waals surface area contributed by atoms with E-state index in [0.29, 0.717) is 11.5 Å². The molecule has 0 aromatic carbocycles. The van der Waals surface area contributed by atoms with Gasteiger partial charge in [-0.05, 0) is 11.4 Å². The van der Waals surface area contributed by atoms with Crippen LogP contribution in [0.25, 0.3) is 10.6 Å². The molecule has 0 unspecified atom stereocenters. The molecule has 66 valence electrons. The van der Waals surface area contributed by atoms with Crippen LogP contribution in [0.2, 0.25) is 0 Å². The van der Waals surface area contributed by atoms with Crippen LogP contribution in [0.15, 0.2) is 28.1 Å². The SMILES string of the molecule is O=C(I)c1cc(-c2cccs2)on1. The molecule has 13 heavy (non-hydrogen) atoms. The number of carbonyl (C=O) groups is 1. The number of hydrogen-bond acceptors (Lipinski definition) is 4. The average Bonchev–Trinajstić information content (AvgIpc) is 2.75. The minimum Gasteiger partial charge on any atom is -0.355 e. The van der Waals surface area contributed by atoms with E-state index in [9.17, 15) is 4.79 Å². The summed E-state index contributed by atoms with van der Waals surface area (Å²) in [6.45, 7) is 0. The summed E-state index contributed by atoms with van der Waals surface area (Å²) in [5.74, 6) is 0.648. The molecule has 2 rings (SSSR count). The number of hydrogen-bond donors (Lipinski definition) is 0. The maximum atomic E-state index is 10.9. The van der Waals surface area contributed by atoms with Gasteiger partial charge >= 0.3 is 0 Å². The van der Waals surface area contributed by atoms with Crippen molar-refractivity contribution in [1.29, 1.82) is 0 Å². The third-order valence-corrected chi connectivity index (χ3v) is 2.91. The van der Waals surface area contributed by atoms with Crippen LogP contribution in [0.1, 0.15) is 10.5 Å². The molecule has 0 saturated carbocycles. The standard InChI is InChI=1S/C8H4INO2S/c9-8(11)5-4-6(12-10-5)7-2-1-3-13-7/h1-4H. The highest BCUT2D eigenvalue weighted by Gasteiger charge is 2.10. The Kier molecular flexibility index (Phi) is 2.45. The van der Waals surface area contributed by atoms with E-state index < -0.39 is 0 Å². The Morgan fingerprint density at radius 2 is 2.46 bits per heavy atom. The lowest BCUT2D eigenvalue weighted by Crippen LogP contribution is -1.84. The second kappa shape index (κ2) is 3.59. The van der Waals surface area contributed by atoms with Gasteiger partial charge in [0.15, 0.2) is 11.5 Å². The van der Waals surface area contributed by atoms with Crippen molar-refractivity contribution in [3.63, 3.8) is 0 Å². The van der Waals surface area contributed by atoms with Gasteiger partial charge in [-0.25, -0.2) is 0 Å². The molecule has 2 aromatic heterocycles. The number of nitrogens with zero attached hydrogens (tertiary/aromatic N) is 1. The first-order chi connectivity index (χ1) is 6.27. The molecule has 3 nitrogen and oxygen atoms in total. The zero-order chi connectivity index (χ0) is 9.26. The van der Waals surface area contributed by atoms with E-state index in [2.05, 4.69) is 5.16 Å². The molecule has 5 heteroatoms. The zero-order valence-corrected chi connectivity index (χ0v) is 9.33. The van der Waals surface area contributed by atoms with Gasteiger partial charge in [0.1, 0.15) is 0 Å². The molecular formula is C8H4INO2S. The van der Waals surface area contributed by atoms with Crippen molar-refractivity contribution in [2.24, 2.45) is 0 Å². The van der Waals surface area contributed by atoms with Crippen molar-refractivity contribution in [2.45, 2.75) is 0 Å². The summed E-state index contributed by atoms with van der Waals surface area (Å²) < 4.78 is 4.90. The third kappa shape index (κ3) is 1.80. The number of thiophene rings is 1. The first-order valence-corrected chi connectivity index (χ1v) is 5.43. The van der Waals surface area contributed by atoms with E-state index >= 15 is 0 Å². The molecule has 0 radical (unpaired) electrons.